The summed E-state index contributed by atoms with van der Waals surface area (Å²) in [4.78, 5) is 25.5. The Bertz CT molecular complexity index is 588. The van der Waals surface area contributed by atoms with Gasteiger partial charge in [-0.3, -0.25) is 4.79 Å². The summed E-state index contributed by atoms with van der Waals surface area (Å²) in [5, 5.41) is 11.6. The minimum absolute atomic E-state index is 0.180. The molecule has 2 rings (SSSR count). The van der Waals surface area contributed by atoms with Crippen molar-refractivity contribution in [3.63, 3.8) is 0 Å². The molecule has 0 bridgehead atoms. The van der Waals surface area contributed by atoms with Gasteiger partial charge in [0, 0.05) is 11.9 Å². The summed E-state index contributed by atoms with van der Waals surface area (Å²) in [7, 11) is 0. The molecule has 0 saturated heterocycles. The van der Waals surface area contributed by atoms with E-state index in [1.807, 2.05) is 0 Å². The molecule has 3 N–H and O–H groups in total. The molecule has 5 nitrogen and oxygen atoms in total. The fraction of sp³-hybridized carbons (Fsp3) is 0.0769. The minimum atomic E-state index is -1.01. The van der Waals surface area contributed by atoms with Crippen molar-refractivity contribution >= 4 is 17.6 Å². The predicted molar refractivity (Wildman–Crippen MR) is 66.9 cm³/mol. The second-order valence-corrected chi connectivity index (χ2v) is 3.87. The van der Waals surface area contributed by atoms with Crippen LogP contribution in [0, 0.1) is 6.92 Å². The molecule has 18 heavy (non-hydrogen) atoms. The zero-order chi connectivity index (χ0) is 13.1. The molecular weight excluding hydrogens is 232 g/mol. The number of H-pyrrole nitrogens is 1. The van der Waals surface area contributed by atoms with E-state index in [1.165, 1.54) is 6.07 Å². The van der Waals surface area contributed by atoms with Gasteiger partial charge in [-0.2, -0.15) is 0 Å². The first-order valence-electron chi connectivity index (χ1n) is 5.36. The van der Waals surface area contributed by atoms with Gasteiger partial charge in [-0.25, -0.2) is 4.79 Å². The summed E-state index contributed by atoms with van der Waals surface area (Å²) in [5.41, 5.74) is 1.71. The lowest BCUT2D eigenvalue weighted by atomic mass is 10.1. The van der Waals surface area contributed by atoms with Gasteiger partial charge in [0.05, 0.1) is 5.56 Å². The van der Waals surface area contributed by atoms with Crippen LogP contribution in [0.4, 0.5) is 5.69 Å². The van der Waals surface area contributed by atoms with Crippen molar-refractivity contribution < 1.29 is 14.7 Å². The van der Waals surface area contributed by atoms with Gasteiger partial charge in [0.2, 0.25) is 0 Å². The zero-order valence-corrected chi connectivity index (χ0v) is 9.73. The molecule has 1 aromatic heterocycles. The van der Waals surface area contributed by atoms with Crippen LogP contribution in [-0.2, 0) is 0 Å². The first kappa shape index (κ1) is 11.9. The van der Waals surface area contributed by atoms with Crippen molar-refractivity contribution in [2.75, 3.05) is 5.32 Å². The number of aromatic carboxylic acids is 1. The van der Waals surface area contributed by atoms with Crippen LogP contribution < -0.4 is 5.32 Å². The highest BCUT2D eigenvalue weighted by Crippen LogP contribution is 2.16. The number of benzene rings is 1. The zero-order valence-electron chi connectivity index (χ0n) is 9.73. The molecular formula is C13H12N2O3. The molecule has 0 spiro atoms. The number of aromatic nitrogens is 1. The van der Waals surface area contributed by atoms with Crippen LogP contribution in [-0.4, -0.2) is 22.0 Å². The maximum absolute atomic E-state index is 11.8. The lowest BCUT2D eigenvalue weighted by Gasteiger charge is -2.06. The third kappa shape index (κ3) is 2.40. The fourth-order valence-electron chi connectivity index (χ4n) is 1.60. The SMILES string of the molecule is Cc1ccc(NC(=O)c2ccc[nH]2)cc1C(=O)O. The maximum Gasteiger partial charge on any atom is 0.336 e. The monoisotopic (exact) mass is 244 g/mol. The Morgan fingerprint density at radius 3 is 2.67 bits per heavy atom. The van der Waals surface area contributed by atoms with Crippen molar-refractivity contribution in [2.24, 2.45) is 0 Å². The first-order chi connectivity index (χ1) is 8.58. The van der Waals surface area contributed by atoms with Gasteiger partial charge in [0.25, 0.3) is 5.91 Å². The van der Waals surface area contributed by atoms with E-state index in [-0.39, 0.29) is 11.5 Å². The fourth-order valence-corrected chi connectivity index (χ4v) is 1.60. The van der Waals surface area contributed by atoms with Gasteiger partial charge in [-0.15, -0.1) is 0 Å². The van der Waals surface area contributed by atoms with Gasteiger partial charge in [-0.05, 0) is 36.8 Å². The van der Waals surface area contributed by atoms with Crippen molar-refractivity contribution in [3.05, 3.63) is 53.3 Å². The molecule has 0 atom stereocenters. The molecule has 5 heteroatoms. The highest BCUT2D eigenvalue weighted by Gasteiger charge is 2.10. The number of amides is 1. The molecule has 2 aromatic rings. The first-order valence-corrected chi connectivity index (χ1v) is 5.36. The Hall–Kier alpha value is -2.56. The third-order valence-corrected chi connectivity index (χ3v) is 2.57. The van der Waals surface area contributed by atoms with E-state index in [4.69, 9.17) is 5.11 Å². The summed E-state index contributed by atoms with van der Waals surface area (Å²) < 4.78 is 0. The maximum atomic E-state index is 11.8. The van der Waals surface area contributed by atoms with Crippen LogP contribution in [0.1, 0.15) is 26.4 Å². The molecule has 0 radical (unpaired) electrons. The highest BCUT2D eigenvalue weighted by atomic mass is 16.4. The van der Waals surface area contributed by atoms with E-state index in [1.54, 1.807) is 37.4 Å². The van der Waals surface area contributed by atoms with E-state index in [2.05, 4.69) is 10.3 Å². The molecule has 92 valence electrons. The average Bonchev–Trinajstić information content (AvgIpc) is 2.85. The van der Waals surface area contributed by atoms with Crippen molar-refractivity contribution in [1.29, 1.82) is 0 Å². The number of hydrogen-bond acceptors (Lipinski definition) is 2. The number of aromatic amines is 1. The van der Waals surface area contributed by atoms with Crippen LogP contribution >= 0.6 is 0 Å². The molecule has 0 aliphatic heterocycles. The number of rotatable bonds is 3. The summed E-state index contributed by atoms with van der Waals surface area (Å²) >= 11 is 0. The van der Waals surface area contributed by atoms with Crippen molar-refractivity contribution in [2.45, 2.75) is 6.92 Å². The van der Waals surface area contributed by atoms with Crippen molar-refractivity contribution in [3.8, 4) is 0 Å². The molecule has 0 aliphatic rings. The summed E-state index contributed by atoms with van der Waals surface area (Å²) in [6, 6.07) is 8.13. The molecule has 1 aromatic carbocycles. The Labute approximate surface area is 103 Å². The van der Waals surface area contributed by atoms with E-state index in [0.717, 1.165) is 0 Å². The summed E-state index contributed by atoms with van der Waals surface area (Å²) in [5.74, 6) is -1.32. The van der Waals surface area contributed by atoms with Gasteiger partial charge in [0.15, 0.2) is 0 Å². The normalized spacial score (nSPS) is 10.1. The number of hydrogen-bond donors (Lipinski definition) is 3. The quantitative estimate of drug-likeness (QED) is 0.774. The smallest absolute Gasteiger partial charge is 0.336 e. The van der Waals surface area contributed by atoms with Gasteiger partial charge >= 0.3 is 5.97 Å². The second-order valence-electron chi connectivity index (χ2n) is 3.87. The van der Waals surface area contributed by atoms with E-state index < -0.39 is 5.97 Å². The number of nitrogens with one attached hydrogen (secondary N) is 2. The minimum Gasteiger partial charge on any atom is -0.478 e. The second kappa shape index (κ2) is 4.75. The molecule has 0 saturated carbocycles. The topological polar surface area (TPSA) is 82.2 Å². The van der Waals surface area contributed by atoms with Gasteiger partial charge in [0.1, 0.15) is 5.69 Å². The van der Waals surface area contributed by atoms with Gasteiger partial charge in [-0.1, -0.05) is 6.07 Å². The van der Waals surface area contributed by atoms with Crippen LogP contribution in [0.15, 0.2) is 36.5 Å². The Morgan fingerprint density at radius 1 is 1.28 bits per heavy atom. The molecule has 1 heterocycles. The number of aryl methyl sites for hydroxylation is 1. The number of carboxylic acid groups (broad SMARTS) is 1. The Morgan fingerprint density at radius 2 is 2.06 bits per heavy atom. The molecule has 0 aliphatic carbocycles. The van der Waals surface area contributed by atoms with E-state index >= 15 is 0 Å². The average molecular weight is 244 g/mol. The largest absolute Gasteiger partial charge is 0.478 e. The third-order valence-electron chi connectivity index (χ3n) is 2.57. The number of carbonyl (C=O) groups is 2. The standard InChI is InChI=1S/C13H12N2O3/c1-8-4-5-9(7-10(8)13(17)18)15-12(16)11-3-2-6-14-11/h2-7,14H,1H3,(H,15,16)(H,17,18). The van der Waals surface area contributed by atoms with E-state index in [9.17, 15) is 9.59 Å². The molecule has 0 fully saturated rings. The van der Waals surface area contributed by atoms with Crippen molar-refractivity contribution in [1.82, 2.24) is 4.98 Å². The lowest BCUT2D eigenvalue weighted by Crippen LogP contribution is -2.13. The number of anilines is 1. The Balaban J connectivity index is 2.22. The molecule has 0 unspecified atom stereocenters. The van der Waals surface area contributed by atoms with Gasteiger partial charge < -0.3 is 15.4 Å². The predicted octanol–water partition coefficient (Wildman–Crippen LogP) is 2.27. The highest BCUT2D eigenvalue weighted by molar-refractivity contribution is 6.03. The van der Waals surface area contributed by atoms with E-state index in [0.29, 0.717) is 16.9 Å². The van der Waals surface area contributed by atoms with Crippen LogP contribution in [0.5, 0.6) is 0 Å². The summed E-state index contributed by atoms with van der Waals surface area (Å²) in [6.45, 7) is 1.71. The Kier molecular flexibility index (Phi) is 3.14. The lowest BCUT2D eigenvalue weighted by molar-refractivity contribution is 0.0695. The molecule has 1 amide bonds. The summed E-state index contributed by atoms with van der Waals surface area (Å²) in [6.07, 6.45) is 1.65. The number of carbonyl (C=O) groups excluding carboxylic acids is 1. The van der Waals surface area contributed by atoms with Crippen LogP contribution in [0.2, 0.25) is 0 Å². The van der Waals surface area contributed by atoms with Crippen LogP contribution in [0.3, 0.4) is 0 Å². The van der Waals surface area contributed by atoms with Crippen LogP contribution in [0.25, 0.3) is 0 Å². The number of carboxylic acids is 1.